The van der Waals surface area contributed by atoms with E-state index in [0.29, 0.717) is 27.9 Å². The number of hydrogen-bond acceptors (Lipinski definition) is 6. The molecule has 2 amide bonds. The van der Waals surface area contributed by atoms with Crippen LogP contribution in [0.5, 0.6) is 0 Å². The number of nitrogens with one attached hydrogen (secondary N) is 2. The van der Waals surface area contributed by atoms with Crippen LogP contribution in [0.15, 0.2) is 41.2 Å². The lowest BCUT2D eigenvalue weighted by molar-refractivity contribution is -0.116. The topological polar surface area (TPSA) is 84.0 Å². The third kappa shape index (κ3) is 4.91. The number of benzene rings is 1. The van der Waals surface area contributed by atoms with Crippen LogP contribution in [0.2, 0.25) is 0 Å². The maximum Gasteiger partial charge on any atom is 0.257 e. The highest BCUT2D eigenvalue weighted by atomic mass is 32.1. The number of aryl methyl sites for hydroxylation is 1. The van der Waals surface area contributed by atoms with Crippen LogP contribution in [0.3, 0.4) is 0 Å². The Labute approximate surface area is 150 Å². The summed E-state index contributed by atoms with van der Waals surface area (Å²) in [6, 6.07) is 5.26. The number of anilines is 2. The lowest BCUT2D eigenvalue weighted by atomic mass is 10.2. The minimum absolute atomic E-state index is 0.139. The molecule has 1 aromatic carbocycles. The molecule has 0 aliphatic carbocycles. The minimum Gasteiger partial charge on any atom is -0.302 e. The average Bonchev–Trinajstić information content (AvgIpc) is 3.25. The Kier molecular flexibility index (Phi) is 5.46. The number of carbonyl (C=O) groups excluding carboxylic acids is 2. The van der Waals surface area contributed by atoms with Crippen molar-refractivity contribution in [3.8, 4) is 0 Å². The molecule has 0 aliphatic heterocycles. The van der Waals surface area contributed by atoms with Crippen LogP contribution in [0.1, 0.15) is 22.5 Å². The minimum atomic E-state index is -0.399. The number of thiazole rings is 2. The zero-order valence-corrected chi connectivity index (χ0v) is 14.5. The highest BCUT2D eigenvalue weighted by Crippen LogP contribution is 2.18. The van der Waals surface area contributed by atoms with Crippen molar-refractivity contribution in [1.82, 2.24) is 9.97 Å². The fourth-order valence-corrected chi connectivity index (χ4v) is 3.24. The van der Waals surface area contributed by atoms with Crippen molar-refractivity contribution in [3.05, 3.63) is 58.3 Å². The molecule has 9 heteroatoms. The molecule has 3 rings (SSSR count). The van der Waals surface area contributed by atoms with Crippen LogP contribution in [0.4, 0.5) is 14.7 Å². The highest BCUT2D eigenvalue weighted by Gasteiger charge is 2.11. The molecule has 0 radical (unpaired) electrons. The maximum atomic E-state index is 12.9. The molecule has 0 atom stereocenters. The smallest absolute Gasteiger partial charge is 0.257 e. The average molecular weight is 376 g/mol. The fourth-order valence-electron chi connectivity index (χ4n) is 1.96. The molecule has 6 nitrogen and oxygen atoms in total. The van der Waals surface area contributed by atoms with Gasteiger partial charge in [0.05, 0.1) is 5.69 Å². The second-order valence-electron chi connectivity index (χ2n) is 4.99. The normalized spacial score (nSPS) is 10.4. The van der Waals surface area contributed by atoms with Crippen LogP contribution in [-0.2, 0) is 11.2 Å². The second kappa shape index (κ2) is 7.95. The Morgan fingerprint density at radius 1 is 1.08 bits per heavy atom. The predicted octanol–water partition coefficient (Wildman–Crippen LogP) is 3.56. The number of amides is 2. The molecule has 0 fully saturated rings. The monoisotopic (exact) mass is 376 g/mol. The number of hydrogen-bond donors (Lipinski definition) is 2. The summed E-state index contributed by atoms with van der Waals surface area (Å²) in [5, 5.41) is 9.93. The van der Waals surface area contributed by atoms with Crippen LogP contribution in [0.25, 0.3) is 0 Å². The van der Waals surface area contributed by atoms with Gasteiger partial charge < -0.3 is 5.32 Å². The highest BCUT2D eigenvalue weighted by molar-refractivity contribution is 7.14. The Morgan fingerprint density at radius 2 is 1.88 bits per heavy atom. The van der Waals surface area contributed by atoms with Gasteiger partial charge in [0.15, 0.2) is 10.3 Å². The quantitative estimate of drug-likeness (QED) is 0.689. The number of nitrogens with zero attached hydrogens (tertiary/aromatic N) is 2. The summed E-state index contributed by atoms with van der Waals surface area (Å²) < 4.78 is 12.9. The van der Waals surface area contributed by atoms with E-state index in [9.17, 15) is 14.0 Å². The number of carbonyl (C=O) groups is 2. The first-order valence-corrected chi connectivity index (χ1v) is 9.07. The lowest BCUT2D eigenvalue weighted by Crippen LogP contribution is -2.13. The Bertz CT molecular complexity index is 863. The van der Waals surface area contributed by atoms with E-state index < -0.39 is 5.82 Å². The molecular weight excluding hydrogens is 363 g/mol. The van der Waals surface area contributed by atoms with Crippen molar-refractivity contribution in [2.75, 3.05) is 10.6 Å². The molecule has 0 spiro atoms. The van der Waals surface area contributed by atoms with Gasteiger partial charge in [-0.15, -0.1) is 22.7 Å². The van der Waals surface area contributed by atoms with E-state index in [1.807, 2.05) is 0 Å². The maximum absolute atomic E-state index is 12.9. The predicted molar refractivity (Wildman–Crippen MR) is 95.5 cm³/mol. The molecule has 25 heavy (non-hydrogen) atoms. The Balaban J connectivity index is 1.51. The van der Waals surface area contributed by atoms with Gasteiger partial charge in [-0.1, -0.05) is 0 Å². The van der Waals surface area contributed by atoms with Crippen molar-refractivity contribution < 1.29 is 14.0 Å². The third-order valence-electron chi connectivity index (χ3n) is 3.17. The molecule has 0 bridgehead atoms. The van der Waals surface area contributed by atoms with Gasteiger partial charge >= 0.3 is 0 Å². The van der Waals surface area contributed by atoms with E-state index in [1.165, 1.54) is 46.9 Å². The number of rotatable bonds is 6. The van der Waals surface area contributed by atoms with E-state index in [-0.39, 0.29) is 18.2 Å². The van der Waals surface area contributed by atoms with E-state index in [2.05, 4.69) is 20.6 Å². The molecule has 0 saturated carbocycles. The van der Waals surface area contributed by atoms with Crippen LogP contribution in [0, 0.1) is 5.82 Å². The molecule has 2 heterocycles. The van der Waals surface area contributed by atoms with Gasteiger partial charge in [-0.3, -0.25) is 14.9 Å². The number of aromatic nitrogens is 2. The van der Waals surface area contributed by atoms with Gasteiger partial charge in [-0.05, 0) is 30.7 Å². The summed E-state index contributed by atoms with van der Waals surface area (Å²) in [4.78, 5) is 32.1. The summed E-state index contributed by atoms with van der Waals surface area (Å²) >= 11 is 2.63. The van der Waals surface area contributed by atoms with E-state index >= 15 is 0 Å². The Morgan fingerprint density at radius 3 is 2.60 bits per heavy atom. The van der Waals surface area contributed by atoms with Crippen molar-refractivity contribution in [1.29, 1.82) is 0 Å². The van der Waals surface area contributed by atoms with Gasteiger partial charge in [0, 0.05) is 28.9 Å². The van der Waals surface area contributed by atoms with Crippen LogP contribution >= 0.6 is 22.7 Å². The molecule has 2 N–H and O–H groups in total. The van der Waals surface area contributed by atoms with Crippen molar-refractivity contribution in [3.63, 3.8) is 0 Å². The van der Waals surface area contributed by atoms with E-state index in [1.54, 1.807) is 17.0 Å². The molecule has 0 saturated heterocycles. The van der Waals surface area contributed by atoms with Crippen molar-refractivity contribution in [2.45, 2.75) is 12.8 Å². The molecule has 0 unspecified atom stereocenters. The van der Waals surface area contributed by atoms with E-state index in [0.717, 1.165) is 0 Å². The molecule has 128 valence electrons. The van der Waals surface area contributed by atoms with Crippen LogP contribution in [-0.4, -0.2) is 21.8 Å². The van der Waals surface area contributed by atoms with Gasteiger partial charge in [0.2, 0.25) is 5.91 Å². The lowest BCUT2D eigenvalue weighted by Gasteiger charge is -2.01. The summed E-state index contributed by atoms with van der Waals surface area (Å²) in [7, 11) is 0. The molecule has 2 aromatic heterocycles. The first-order chi connectivity index (χ1) is 12.1. The number of halogens is 1. The second-order valence-corrected chi connectivity index (χ2v) is 6.74. The first-order valence-electron chi connectivity index (χ1n) is 7.31. The summed E-state index contributed by atoms with van der Waals surface area (Å²) in [6.45, 7) is 0. The van der Waals surface area contributed by atoms with Gasteiger partial charge in [-0.2, -0.15) is 0 Å². The zero-order chi connectivity index (χ0) is 17.6. The van der Waals surface area contributed by atoms with Crippen molar-refractivity contribution >= 4 is 44.8 Å². The Hall–Kier alpha value is -2.65. The first kappa shape index (κ1) is 17.2. The standard InChI is InChI=1S/C16H13FN4O2S2/c17-11-3-1-10(2-4-11)14(23)21-16-19-12(9-25-16)5-6-13(22)20-15-18-7-8-24-15/h1-4,7-9H,5-6H2,(H,18,20,22)(H,19,21,23). The van der Waals surface area contributed by atoms with Gasteiger partial charge in [0.25, 0.3) is 5.91 Å². The zero-order valence-electron chi connectivity index (χ0n) is 12.9. The summed E-state index contributed by atoms with van der Waals surface area (Å²) in [5.41, 5.74) is 1.06. The van der Waals surface area contributed by atoms with Crippen LogP contribution < -0.4 is 10.6 Å². The van der Waals surface area contributed by atoms with Crippen molar-refractivity contribution in [2.24, 2.45) is 0 Å². The molecular formula is C16H13FN4O2S2. The third-order valence-corrected chi connectivity index (χ3v) is 4.66. The van der Waals surface area contributed by atoms with Gasteiger partial charge in [0.1, 0.15) is 5.82 Å². The fraction of sp³-hybridized carbons (Fsp3) is 0.125. The van der Waals surface area contributed by atoms with E-state index in [4.69, 9.17) is 0 Å². The molecule has 0 aliphatic rings. The summed E-state index contributed by atoms with van der Waals surface area (Å²) in [6.07, 6.45) is 2.35. The SMILES string of the molecule is O=C(CCc1csc(NC(=O)c2ccc(F)cc2)n1)Nc1nccs1. The summed E-state index contributed by atoms with van der Waals surface area (Å²) in [5.74, 6) is -0.897. The largest absolute Gasteiger partial charge is 0.302 e. The van der Waals surface area contributed by atoms with Gasteiger partial charge in [-0.25, -0.2) is 14.4 Å². The molecule has 3 aromatic rings.